The van der Waals surface area contributed by atoms with Crippen LogP contribution in [0.15, 0.2) is 41.3 Å². The standard InChI is InChI=1S/C17H20FNO4S/c1-11(2)12-6-5-7-13(8-12)19-24(20,21)17-10-16(23-4)15(22-3)9-14(17)18/h5-11,19H,1-4H3. The maximum atomic E-state index is 14.2. The summed E-state index contributed by atoms with van der Waals surface area (Å²) in [6.45, 7) is 4.00. The normalized spacial score (nSPS) is 11.4. The van der Waals surface area contributed by atoms with Crippen LogP contribution < -0.4 is 14.2 Å². The van der Waals surface area contributed by atoms with E-state index in [9.17, 15) is 12.8 Å². The summed E-state index contributed by atoms with van der Waals surface area (Å²) >= 11 is 0. The lowest BCUT2D eigenvalue weighted by Crippen LogP contribution is -2.15. The van der Waals surface area contributed by atoms with Crippen LogP contribution in [0.5, 0.6) is 11.5 Å². The van der Waals surface area contributed by atoms with Crippen molar-refractivity contribution in [3.63, 3.8) is 0 Å². The van der Waals surface area contributed by atoms with Gasteiger partial charge in [0, 0.05) is 17.8 Å². The van der Waals surface area contributed by atoms with Crippen LogP contribution in [-0.2, 0) is 10.0 Å². The average Bonchev–Trinajstić information content (AvgIpc) is 2.54. The molecule has 0 radical (unpaired) electrons. The van der Waals surface area contributed by atoms with Crippen molar-refractivity contribution < 1.29 is 22.3 Å². The number of ether oxygens (including phenoxy) is 2. The van der Waals surface area contributed by atoms with Crippen LogP contribution in [0.25, 0.3) is 0 Å². The lowest BCUT2D eigenvalue weighted by molar-refractivity contribution is 0.350. The van der Waals surface area contributed by atoms with E-state index in [1.165, 1.54) is 14.2 Å². The lowest BCUT2D eigenvalue weighted by atomic mass is 10.0. The van der Waals surface area contributed by atoms with Gasteiger partial charge in [0.05, 0.1) is 14.2 Å². The fourth-order valence-corrected chi connectivity index (χ4v) is 3.34. The maximum absolute atomic E-state index is 14.2. The van der Waals surface area contributed by atoms with Crippen LogP contribution >= 0.6 is 0 Å². The molecule has 0 atom stereocenters. The highest BCUT2D eigenvalue weighted by Crippen LogP contribution is 2.32. The highest BCUT2D eigenvalue weighted by Gasteiger charge is 2.23. The number of anilines is 1. The highest BCUT2D eigenvalue weighted by molar-refractivity contribution is 7.92. The Bertz CT molecular complexity index is 834. The summed E-state index contributed by atoms with van der Waals surface area (Å²) in [5.74, 6) is -0.418. The summed E-state index contributed by atoms with van der Waals surface area (Å²) in [5, 5.41) is 0. The first-order valence-corrected chi connectivity index (χ1v) is 8.81. The summed E-state index contributed by atoms with van der Waals surface area (Å²) in [6, 6.07) is 9.07. The molecular formula is C17H20FNO4S. The molecule has 0 spiro atoms. The Morgan fingerprint density at radius 3 is 2.25 bits per heavy atom. The fraction of sp³-hybridized carbons (Fsp3) is 0.294. The third-order valence-corrected chi connectivity index (χ3v) is 4.93. The van der Waals surface area contributed by atoms with E-state index in [1.54, 1.807) is 18.2 Å². The molecule has 0 heterocycles. The predicted molar refractivity (Wildman–Crippen MR) is 90.8 cm³/mol. The number of rotatable bonds is 6. The molecule has 0 saturated heterocycles. The van der Waals surface area contributed by atoms with Crippen molar-refractivity contribution in [2.75, 3.05) is 18.9 Å². The minimum Gasteiger partial charge on any atom is -0.493 e. The topological polar surface area (TPSA) is 64.6 Å². The molecule has 5 nitrogen and oxygen atoms in total. The lowest BCUT2D eigenvalue weighted by Gasteiger charge is -2.14. The van der Waals surface area contributed by atoms with Gasteiger partial charge in [-0.05, 0) is 23.6 Å². The second kappa shape index (κ2) is 7.09. The zero-order valence-electron chi connectivity index (χ0n) is 14.0. The van der Waals surface area contributed by atoms with Crippen LogP contribution in [-0.4, -0.2) is 22.6 Å². The fourth-order valence-electron chi connectivity index (χ4n) is 2.21. The molecule has 0 aromatic heterocycles. The van der Waals surface area contributed by atoms with Crippen molar-refractivity contribution in [3.8, 4) is 11.5 Å². The molecule has 0 aliphatic carbocycles. The van der Waals surface area contributed by atoms with Gasteiger partial charge < -0.3 is 9.47 Å². The Morgan fingerprint density at radius 1 is 1.04 bits per heavy atom. The predicted octanol–water partition coefficient (Wildman–Crippen LogP) is 3.77. The monoisotopic (exact) mass is 353 g/mol. The van der Waals surface area contributed by atoms with E-state index in [2.05, 4.69) is 4.72 Å². The number of sulfonamides is 1. The van der Waals surface area contributed by atoms with E-state index in [0.29, 0.717) is 5.69 Å². The summed E-state index contributed by atoms with van der Waals surface area (Å²) in [4.78, 5) is -0.505. The zero-order chi connectivity index (χ0) is 17.9. The number of nitrogens with one attached hydrogen (secondary N) is 1. The van der Waals surface area contributed by atoms with Crippen molar-refractivity contribution >= 4 is 15.7 Å². The van der Waals surface area contributed by atoms with Crippen LogP contribution in [0.2, 0.25) is 0 Å². The Hall–Kier alpha value is -2.28. The summed E-state index contributed by atoms with van der Waals surface area (Å²) in [6.07, 6.45) is 0. The van der Waals surface area contributed by atoms with Crippen molar-refractivity contribution in [3.05, 3.63) is 47.8 Å². The number of hydrogen-bond donors (Lipinski definition) is 1. The van der Waals surface area contributed by atoms with Gasteiger partial charge in [0.15, 0.2) is 11.5 Å². The van der Waals surface area contributed by atoms with E-state index >= 15 is 0 Å². The molecule has 0 saturated carbocycles. The van der Waals surface area contributed by atoms with Crippen molar-refractivity contribution in [1.82, 2.24) is 0 Å². The largest absolute Gasteiger partial charge is 0.493 e. The van der Waals surface area contributed by atoms with E-state index in [1.807, 2.05) is 19.9 Å². The van der Waals surface area contributed by atoms with Crippen LogP contribution in [0.3, 0.4) is 0 Å². The number of halogens is 1. The number of benzene rings is 2. The smallest absolute Gasteiger partial charge is 0.264 e. The van der Waals surface area contributed by atoms with Crippen LogP contribution in [0.4, 0.5) is 10.1 Å². The third-order valence-electron chi connectivity index (χ3n) is 3.53. The zero-order valence-corrected chi connectivity index (χ0v) is 14.8. The van der Waals surface area contributed by atoms with Gasteiger partial charge in [-0.1, -0.05) is 26.0 Å². The van der Waals surface area contributed by atoms with Gasteiger partial charge >= 0.3 is 0 Å². The van der Waals surface area contributed by atoms with Crippen molar-refractivity contribution in [2.45, 2.75) is 24.7 Å². The van der Waals surface area contributed by atoms with Gasteiger partial charge in [-0.3, -0.25) is 4.72 Å². The molecule has 0 aliphatic rings. The van der Waals surface area contributed by atoms with Crippen LogP contribution in [0.1, 0.15) is 25.3 Å². The van der Waals surface area contributed by atoms with Gasteiger partial charge in [-0.2, -0.15) is 0 Å². The second-order valence-corrected chi connectivity index (χ2v) is 7.17. The van der Waals surface area contributed by atoms with E-state index in [0.717, 1.165) is 17.7 Å². The van der Waals surface area contributed by atoms with Crippen molar-refractivity contribution in [1.29, 1.82) is 0 Å². The van der Waals surface area contributed by atoms with E-state index in [4.69, 9.17) is 9.47 Å². The minimum atomic E-state index is -4.10. The van der Waals surface area contributed by atoms with E-state index in [-0.39, 0.29) is 17.4 Å². The van der Waals surface area contributed by atoms with Crippen LogP contribution in [0, 0.1) is 5.82 Å². The Balaban J connectivity index is 2.42. The average molecular weight is 353 g/mol. The molecule has 2 aromatic carbocycles. The Kier molecular flexibility index (Phi) is 5.33. The van der Waals surface area contributed by atoms with Crippen molar-refractivity contribution in [2.24, 2.45) is 0 Å². The number of hydrogen-bond acceptors (Lipinski definition) is 4. The molecule has 130 valence electrons. The first kappa shape index (κ1) is 18.1. The maximum Gasteiger partial charge on any atom is 0.264 e. The Labute approximate surface area is 141 Å². The molecule has 7 heteroatoms. The molecule has 0 aliphatic heterocycles. The van der Waals surface area contributed by atoms with Gasteiger partial charge in [-0.15, -0.1) is 0 Å². The second-order valence-electron chi connectivity index (χ2n) is 5.52. The summed E-state index contributed by atoms with van der Waals surface area (Å²) in [7, 11) is -1.40. The molecule has 2 aromatic rings. The molecule has 0 amide bonds. The van der Waals surface area contributed by atoms with Gasteiger partial charge in [0.1, 0.15) is 10.7 Å². The van der Waals surface area contributed by atoms with Gasteiger partial charge in [0.2, 0.25) is 0 Å². The number of methoxy groups -OCH3 is 2. The molecular weight excluding hydrogens is 333 g/mol. The molecule has 0 bridgehead atoms. The Morgan fingerprint density at radius 2 is 1.67 bits per heavy atom. The SMILES string of the molecule is COc1cc(F)c(S(=O)(=O)Nc2cccc(C(C)C)c2)cc1OC. The highest BCUT2D eigenvalue weighted by atomic mass is 32.2. The molecule has 1 N–H and O–H groups in total. The quantitative estimate of drug-likeness (QED) is 0.859. The third kappa shape index (κ3) is 3.79. The summed E-state index contributed by atoms with van der Waals surface area (Å²) < 4.78 is 51.7. The minimum absolute atomic E-state index is 0.121. The molecule has 2 rings (SSSR count). The summed E-state index contributed by atoms with van der Waals surface area (Å²) in [5.41, 5.74) is 1.35. The van der Waals surface area contributed by atoms with Gasteiger partial charge in [0.25, 0.3) is 10.0 Å². The first-order chi connectivity index (χ1) is 11.3. The molecule has 0 unspecified atom stereocenters. The van der Waals surface area contributed by atoms with E-state index < -0.39 is 20.7 Å². The van der Waals surface area contributed by atoms with Gasteiger partial charge in [-0.25, -0.2) is 12.8 Å². The first-order valence-electron chi connectivity index (χ1n) is 7.32. The molecule has 24 heavy (non-hydrogen) atoms. The molecule has 0 fully saturated rings.